The number of piperazine rings is 1. The summed E-state index contributed by atoms with van der Waals surface area (Å²) in [4.78, 5) is 33.9. The van der Waals surface area contributed by atoms with Crippen LogP contribution < -0.4 is 10.2 Å². The van der Waals surface area contributed by atoms with E-state index in [4.69, 9.17) is 0 Å². The summed E-state index contributed by atoms with van der Waals surface area (Å²) in [5.41, 5.74) is 1.04. The number of anilines is 1. The van der Waals surface area contributed by atoms with Gasteiger partial charge in [0.15, 0.2) is 0 Å². The van der Waals surface area contributed by atoms with Crippen LogP contribution in [0.15, 0.2) is 24.5 Å². The van der Waals surface area contributed by atoms with Crippen LogP contribution in [0.4, 0.5) is 5.69 Å². The van der Waals surface area contributed by atoms with Gasteiger partial charge in [0.1, 0.15) is 0 Å². The van der Waals surface area contributed by atoms with E-state index in [1.54, 1.807) is 12.4 Å². The van der Waals surface area contributed by atoms with E-state index in [1.807, 2.05) is 17.0 Å². The predicted molar refractivity (Wildman–Crippen MR) is 111 cm³/mol. The van der Waals surface area contributed by atoms with Crippen LogP contribution in [0.3, 0.4) is 0 Å². The van der Waals surface area contributed by atoms with Crippen LogP contribution in [0.5, 0.6) is 0 Å². The number of pyridine rings is 1. The first kappa shape index (κ1) is 18.9. The molecule has 0 aromatic carbocycles. The summed E-state index contributed by atoms with van der Waals surface area (Å²) in [6.07, 6.45) is 11.3. The van der Waals surface area contributed by atoms with E-state index >= 15 is 0 Å². The van der Waals surface area contributed by atoms with E-state index in [1.165, 1.54) is 19.3 Å². The van der Waals surface area contributed by atoms with Crippen molar-refractivity contribution in [3.8, 4) is 0 Å². The molecule has 2 heterocycles. The van der Waals surface area contributed by atoms with Crippen molar-refractivity contribution >= 4 is 17.5 Å². The third kappa shape index (κ3) is 3.74. The lowest BCUT2D eigenvalue weighted by molar-refractivity contribution is -0.146. The average Bonchev–Trinajstić information content (AvgIpc) is 2.73. The minimum absolute atomic E-state index is 0.117. The maximum atomic E-state index is 13.0. The summed E-state index contributed by atoms with van der Waals surface area (Å²) in [7, 11) is 0. The molecule has 1 N–H and O–H groups in total. The van der Waals surface area contributed by atoms with Crippen LogP contribution in [0, 0.1) is 23.2 Å². The van der Waals surface area contributed by atoms with Crippen molar-refractivity contribution in [1.82, 2.24) is 15.2 Å². The first-order valence-electron chi connectivity index (χ1n) is 11.3. The molecule has 1 aromatic heterocycles. The molecule has 5 fully saturated rings. The fraction of sp³-hybridized carbons (Fsp3) is 0.696. The highest BCUT2D eigenvalue weighted by molar-refractivity contribution is 5.84. The third-order valence-corrected chi connectivity index (χ3v) is 7.80. The van der Waals surface area contributed by atoms with Gasteiger partial charge >= 0.3 is 0 Å². The minimum Gasteiger partial charge on any atom is -0.368 e. The lowest BCUT2D eigenvalue weighted by Crippen LogP contribution is -2.54. The monoisotopic (exact) mass is 396 g/mol. The molecule has 1 saturated heterocycles. The summed E-state index contributed by atoms with van der Waals surface area (Å²) < 4.78 is 0. The second-order valence-electron chi connectivity index (χ2n) is 9.78. The Labute approximate surface area is 173 Å². The maximum Gasteiger partial charge on any atom is 0.226 e. The minimum atomic E-state index is -0.117. The van der Waals surface area contributed by atoms with Crippen molar-refractivity contribution < 1.29 is 9.59 Å². The number of hydrogen-bond acceptors (Lipinski definition) is 4. The van der Waals surface area contributed by atoms with E-state index < -0.39 is 0 Å². The van der Waals surface area contributed by atoms with Gasteiger partial charge in [-0.15, -0.1) is 0 Å². The second-order valence-corrected chi connectivity index (χ2v) is 9.78. The zero-order chi connectivity index (χ0) is 19.8. The first-order chi connectivity index (χ1) is 14.1. The number of carbonyl (C=O) groups is 2. The summed E-state index contributed by atoms with van der Waals surface area (Å²) in [5.74, 6) is 2.69. The molecule has 2 amide bonds. The molecule has 6 nitrogen and oxygen atoms in total. The van der Waals surface area contributed by atoms with E-state index in [9.17, 15) is 9.59 Å². The third-order valence-electron chi connectivity index (χ3n) is 7.80. The Morgan fingerprint density at radius 1 is 0.966 bits per heavy atom. The molecule has 6 heteroatoms. The zero-order valence-electron chi connectivity index (χ0n) is 17.2. The quantitative estimate of drug-likeness (QED) is 0.830. The molecule has 29 heavy (non-hydrogen) atoms. The molecule has 0 radical (unpaired) electrons. The Bertz CT molecular complexity index is 722. The molecule has 0 atom stereocenters. The van der Waals surface area contributed by atoms with Gasteiger partial charge in [-0.25, -0.2) is 0 Å². The Hall–Kier alpha value is -2.11. The standard InChI is InChI=1S/C23H32N4O2/c28-21(27-9-7-26(8-10-27)20-1-4-24-5-2-20)3-6-25-22(29)23-14-17-11-18(15-23)13-19(12-17)16-23/h1-2,4-5,17-19H,3,6-16H2,(H,25,29). The molecule has 4 saturated carbocycles. The van der Waals surface area contributed by atoms with Gasteiger partial charge in [0.2, 0.25) is 11.8 Å². The number of hydrogen-bond donors (Lipinski definition) is 1. The second kappa shape index (κ2) is 7.62. The predicted octanol–water partition coefficient (Wildman–Crippen LogP) is 2.45. The Morgan fingerprint density at radius 2 is 1.55 bits per heavy atom. The summed E-state index contributed by atoms with van der Waals surface area (Å²) in [6, 6.07) is 4.02. The van der Waals surface area contributed by atoms with Crippen LogP contribution >= 0.6 is 0 Å². The van der Waals surface area contributed by atoms with Gasteiger partial charge in [0.05, 0.1) is 0 Å². The lowest BCUT2D eigenvalue weighted by Gasteiger charge is -2.55. The van der Waals surface area contributed by atoms with Crippen molar-refractivity contribution in [3.63, 3.8) is 0 Å². The van der Waals surface area contributed by atoms with Gasteiger partial charge in [-0.05, 0) is 68.4 Å². The van der Waals surface area contributed by atoms with Crippen molar-refractivity contribution in [3.05, 3.63) is 24.5 Å². The number of carbonyl (C=O) groups excluding carboxylic acids is 2. The molecule has 156 valence electrons. The summed E-state index contributed by atoms with van der Waals surface area (Å²) in [5, 5.41) is 3.14. The largest absolute Gasteiger partial charge is 0.368 e. The fourth-order valence-electron chi connectivity index (χ4n) is 6.79. The van der Waals surface area contributed by atoms with Crippen LogP contribution in [0.2, 0.25) is 0 Å². The van der Waals surface area contributed by atoms with Crippen LogP contribution in [0.1, 0.15) is 44.9 Å². The summed E-state index contributed by atoms with van der Waals surface area (Å²) in [6.45, 7) is 3.64. The Balaban J connectivity index is 1.08. The topological polar surface area (TPSA) is 65.5 Å². The molecule has 0 spiro atoms. The number of rotatable bonds is 5. The number of nitrogens with one attached hydrogen (secondary N) is 1. The zero-order valence-corrected chi connectivity index (χ0v) is 17.2. The fourth-order valence-corrected chi connectivity index (χ4v) is 6.79. The van der Waals surface area contributed by atoms with Crippen molar-refractivity contribution in [2.24, 2.45) is 23.2 Å². The SMILES string of the molecule is O=C(CCNC(=O)C12CC3CC(CC(C3)C1)C2)N1CCN(c2ccncc2)CC1. The molecule has 4 aliphatic carbocycles. The van der Waals surface area contributed by atoms with Gasteiger partial charge < -0.3 is 15.1 Å². The molecule has 4 bridgehead atoms. The maximum absolute atomic E-state index is 13.0. The van der Waals surface area contributed by atoms with Crippen molar-refractivity contribution in [2.75, 3.05) is 37.6 Å². The number of amides is 2. The Kier molecular flexibility index (Phi) is 4.96. The van der Waals surface area contributed by atoms with E-state index in [0.29, 0.717) is 13.0 Å². The molecule has 5 aliphatic rings. The van der Waals surface area contributed by atoms with Gasteiger partial charge in [-0.1, -0.05) is 0 Å². The first-order valence-corrected chi connectivity index (χ1v) is 11.3. The summed E-state index contributed by atoms with van der Waals surface area (Å²) >= 11 is 0. The van der Waals surface area contributed by atoms with Crippen LogP contribution in [-0.2, 0) is 9.59 Å². The molecular weight excluding hydrogens is 364 g/mol. The average molecular weight is 397 g/mol. The lowest BCUT2D eigenvalue weighted by atomic mass is 9.49. The van der Waals surface area contributed by atoms with Gasteiger partial charge in [0, 0.05) is 62.6 Å². The van der Waals surface area contributed by atoms with Gasteiger partial charge in [-0.2, -0.15) is 0 Å². The van der Waals surface area contributed by atoms with Crippen LogP contribution in [-0.4, -0.2) is 54.4 Å². The van der Waals surface area contributed by atoms with Crippen molar-refractivity contribution in [2.45, 2.75) is 44.9 Å². The highest BCUT2D eigenvalue weighted by Gasteiger charge is 2.54. The van der Waals surface area contributed by atoms with E-state index in [2.05, 4.69) is 15.2 Å². The van der Waals surface area contributed by atoms with E-state index in [-0.39, 0.29) is 17.2 Å². The highest BCUT2D eigenvalue weighted by Crippen LogP contribution is 2.60. The number of aromatic nitrogens is 1. The Morgan fingerprint density at radius 3 is 2.14 bits per heavy atom. The highest BCUT2D eigenvalue weighted by atomic mass is 16.2. The van der Waals surface area contributed by atoms with Crippen LogP contribution in [0.25, 0.3) is 0 Å². The van der Waals surface area contributed by atoms with Gasteiger partial charge in [0.25, 0.3) is 0 Å². The van der Waals surface area contributed by atoms with Crippen molar-refractivity contribution in [1.29, 1.82) is 0 Å². The molecule has 0 unspecified atom stereocenters. The van der Waals surface area contributed by atoms with E-state index in [0.717, 1.165) is 68.9 Å². The molecule has 6 rings (SSSR count). The smallest absolute Gasteiger partial charge is 0.226 e. The molecular formula is C23H32N4O2. The molecule has 1 aliphatic heterocycles. The number of nitrogens with zero attached hydrogens (tertiary/aromatic N) is 3. The molecule has 1 aromatic rings. The normalized spacial score (nSPS) is 33.0. The van der Waals surface area contributed by atoms with Gasteiger partial charge in [-0.3, -0.25) is 14.6 Å².